The SMILES string of the molecule is CNCc1c(Cl)cccc1N(CCC(C)C)CCC(C)C. The van der Waals surface area contributed by atoms with Crippen molar-refractivity contribution >= 4 is 17.3 Å². The minimum absolute atomic E-state index is 0.721. The van der Waals surface area contributed by atoms with Gasteiger partial charge in [0.25, 0.3) is 0 Å². The Bertz CT molecular complexity index is 404. The number of hydrogen-bond donors (Lipinski definition) is 1. The molecule has 0 fully saturated rings. The van der Waals surface area contributed by atoms with Gasteiger partial charge in [0.05, 0.1) is 0 Å². The first-order valence-corrected chi connectivity index (χ1v) is 8.50. The van der Waals surface area contributed by atoms with Crippen molar-refractivity contribution in [1.82, 2.24) is 5.32 Å². The zero-order valence-corrected chi connectivity index (χ0v) is 15.0. The van der Waals surface area contributed by atoms with Crippen molar-refractivity contribution < 1.29 is 0 Å². The molecule has 0 amide bonds. The molecule has 3 heteroatoms. The molecule has 1 rings (SSSR count). The molecule has 0 aliphatic rings. The number of rotatable bonds is 9. The maximum absolute atomic E-state index is 6.41. The molecular formula is C18H31ClN2. The van der Waals surface area contributed by atoms with Crippen molar-refractivity contribution in [3.8, 4) is 0 Å². The van der Waals surface area contributed by atoms with Crippen LogP contribution in [0.4, 0.5) is 5.69 Å². The predicted molar refractivity (Wildman–Crippen MR) is 95.3 cm³/mol. The topological polar surface area (TPSA) is 15.3 Å². The Kier molecular flexibility index (Phi) is 8.13. The Morgan fingerprint density at radius 3 is 2.10 bits per heavy atom. The molecule has 0 spiro atoms. The fourth-order valence-corrected chi connectivity index (χ4v) is 2.61. The molecule has 0 aliphatic carbocycles. The summed E-state index contributed by atoms with van der Waals surface area (Å²) in [7, 11) is 1.97. The monoisotopic (exact) mass is 310 g/mol. The zero-order valence-electron chi connectivity index (χ0n) is 14.2. The third kappa shape index (κ3) is 6.27. The Morgan fingerprint density at radius 1 is 1.05 bits per heavy atom. The summed E-state index contributed by atoms with van der Waals surface area (Å²) in [5.41, 5.74) is 2.51. The van der Waals surface area contributed by atoms with E-state index in [0.29, 0.717) is 0 Å². The quantitative estimate of drug-likeness (QED) is 0.693. The highest BCUT2D eigenvalue weighted by Crippen LogP contribution is 2.28. The first-order chi connectivity index (χ1) is 9.95. The lowest BCUT2D eigenvalue weighted by atomic mass is 10.1. The van der Waals surface area contributed by atoms with E-state index < -0.39 is 0 Å². The Labute approximate surface area is 135 Å². The van der Waals surface area contributed by atoms with Gasteiger partial charge in [0.15, 0.2) is 0 Å². The van der Waals surface area contributed by atoms with Crippen LogP contribution in [0.3, 0.4) is 0 Å². The largest absolute Gasteiger partial charge is 0.371 e. The molecule has 0 atom stereocenters. The Balaban J connectivity index is 2.97. The molecule has 0 aliphatic heterocycles. The summed E-state index contributed by atoms with van der Waals surface area (Å²) in [6.45, 7) is 12.2. The minimum Gasteiger partial charge on any atom is -0.371 e. The summed E-state index contributed by atoms with van der Waals surface area (Å²) in [4.78, 5) is 2.51. The van der Waals surface area contributed by atoms with Gasteiger partial charge in [-0.2, -0.15) is 0 Å². The second-order valence-corrected chi connectivity index (χ2v) is 7.03. The van der Waals surface area contributed by atoms with Gasteiger partial charge in [0.1, 0.15) is 0 Å². The van der Waals surface area contributed by atoms with E-state index in [1.54, 1.807) is 0 Å². The first-order valence-electron chi connectivity index (χ1n) is 8.12. The van der Waals surface area contributed by atoms with Crippen LogP contribution < -0.4 is 10.2 Å². The van der Waals surface area contributed by atoms with Gasteiger partial charge < -0.3 is 10.2 Å². The molecule has 0 heterocycles. The molecule has 0 bridgehead atoms. The molecule has 0 radical (unpaired) electrons. The van der Waals surface area contributed by atoms with E-state index in [9.17, 15) is 0 Å². The standard InChI is InChI=1S/C18H31ClN2/c1-14(2)9-11-21(12-10-15(3)4)18-8-6-7-17(19)16(18)13-20-5/h6-8,14-15,20H,9-13H2,1-5H3. The van der Waals surface area contributed by atoms with Crippen LogP contribution in [0.25, 0.3) is 0 Å². The molecule has 21 heavy (non-hydrogen) atoms. The van der Waals surface area contributed by atoms with Crippen molar-refractivity contribution in [3.05, 3.63) is 28.8 Å². The van der Waals surface area contributed by atoms with Crippen LogP contribution in [0.5, 0.6) is 0 Å². The molecule has 0 aromatic heterocycles. The molecule has 0 saturated carbocycles. The molecule has 0 unspecified atom stereocenters. The molecule has 1 aromatic carbocycles. The lowest BCUT2D eigenvalue weighted by molar-refractivity contribution is 0.534. The van der Waals surface area contributed by atoms with E-state index in [1.807, 2.05) is 13.1 Å². The summed E-state index contributed by atoms with van der Waals surface area (Å²) in [6, 6.07) is 6.26. The van der Waals surface area contributed by atoms with Gasteiger partial charge in [0.2, 0.25) is 0 Å². The van der Waals surface area contributed by atoms with E-state index >= 15 is 0 Å². The lowest BCUT2D eigenvalue weighted by Crippen LogP contribution is -2.29. The first kappa shape index (κ1) is 18.3. The van der Waals surface area contributed by atoms with Crippen LogP contribution in [0.15, 0.2) is 18.2 Å². The van der Waals surface area contributed by atoms with Crippen LogP contribution in [-0.4, -0.2) is 20.1 Å². The number of benzene rings is 1. The zero-order chi connectivity index (χ0) is 15.8. The van der Waals surface area contributed by atoms with Crippen LogP contribution >= 0.6 is 11.6 Å². The fraction of sp³-hybridized carbons (Fsp3) is 0.667. The van der Waals surface area contributed by atoms with Crippen molar-refractivity contribution in [2.24, 2.45) is 11.8 Å². The van der Waals surface area contributed by atoms with E-state index in [0.717, 1.165) is 36.5 Å². The second kappa shape index (κ2) is 9.32. The number of halogens is 1. The van der Waals surface area contributed by atoms with Crippen LogP contribution in [0.1, 0.15) is 46.1 Å². The van der Waals surface area contributed by atoms with Gasteiger partial charge >= 0.3 is 0 Å². The van der Waals surface area contributed by atoms with Crippen molar-refractivity contribution in [2.45, 2.75) is 47.1 Å². The normalized spacial score (nSPS) is 11.4. The van der Waals surface area contributed by atoms with Crippen molar-refractivity contribution in [1.29, 1.82) is 0 Å². The third-order valence-corrected chi connectivity index (χ3v) is 4.10. The van der Waals surface area contributed by atoms with Gasteiger partial charge in [-0.15, -0.1) is 0 Å². The smallest absolute Gasteiger partial charge is 0.0471 e. The van der Waals surface area contributed by atoms with Gasteiger partial charge in [-0.1, -0.05) is 45.4 Å². The lowest BCUT2D eigenvalue weighted by Gasteiger charge is -2.29. The highest BCUT2D eigenvalue weighted by molar-refractivity contribution is 6.31. The van der Waals surface area contributed by atoms with Gasteiger partial charge in [-0.3, -0.25) is 0 Å². The summed E-state index contributed by atoms with van der Waals surface area (Å²) in [6.07, 6.45) is 2.42. The fourth-order valence-electron chi connectivity index (χ4n) is 2.38. The third-order valence-electron chi connectivity index (χ3n) is 3.74. The maximum Gasteiger partial charge on any atom is 0.0471 e. The number of nitrogens with one attached hydrogen (secondary N) is 1. The number of nitrogens with zero attached hydrogens (tertiary/aromatic N) is 1. The number of anilines is 1. The average Bonchev–Trinajstić information content (AvgIpc) is 2.41. The van der Waals surface area contributed by atoms with E-state index in [1.165, 1.54) is 24.1 Å². The van der Waals surface area contributed by atoms with Gasteiger partial charge in [-0.25, -0.2) is 0 Å². The summed E-state index contributed by atoms with van der Waals surface area (Å²) < 4.78 is 0. The van der Waals surface area contributed by atoms with E-state index in [4.69, 9.17) is 11.6 Å². The minimum atomic E-state index is 0.721. The summed E-state index contributed by atoms with van der Waals surface area (Å²) in [5.74, 6) is 1.44. The van der Waals surface area contributed by atoms with Crippen LogP contribution in [-0.2, 0) is 6.54 Å². The van der Waals surface area contributed by atoms with Gasteiger partial charge in [0, 0.05) is 35.9 Å². The molecule has 1 N–H and O–H groups in total. The van der Waals surface area contributed by atoms with Crippen LogP contribution in [0.2, 0.25) is 5.02 Å². The summed E-state index contributed by atoms with van der Waals surface area (Å²) in [5, 5.41) is 4.10. The molecule has 2 nitrogen and oxygen atoms in total. The molecular weight excluding hydrogens is 280 g/mol. The molecule has 1 aromatic rings. The Hall–Kier alpha value is -0.730. The predicted octanol–water partition coefficient (Wildman–Crippen LogP) is 4.96. The molecule has 120 valence electrons. The highest BCUT2D eigenvalue weighted by Gasteiger charge is 2.14. The van der Waals surface area contributed by atoms with Crippen molar-refractivity contribution in [2.75, 3.05) is 25.0 Å². The second-order valence-electron chi connectivity index (χ2n) is 6.62. The Morgan fingerprint density at radius 2 is 1.62 bits per heavy atom. The van der Waals surface area contributed by atoms with Crippen molar-refractivity contribution in [3.63, 3.8) is 0 Å². The molecule has 0 saturated heterocycles. The maximum atomic E-state index is 6.41. The average molecular weight is 311 g/mol. The van der Waals surface area contributed by atoms with Crippen LogP contribution in [0, 0.1) is 11.8 Å². The van der Waals surface area contributed by atoms with E-state index in [2.05, 4.69) is 50.0 Å². The highest BCUT2D eigenvalue weighted by atomic mass is 35.5. The summed E-state index contributed by atoms with van der Waals surface area (Å²) >= 11 is 6.41. The van der Waals surface area contributed by atoms with E-state index in [-0.39, 0.29) is 0 Å². The number of hydrogen-bond acceptors (Lipinski definition) is 2. The van der Waals surface area contributed by atoms with Gasteiger partial charge in [-0.05, 0) is 43.9 Å².